The van der Waals surface area contributed by atoms with Crippen molar-refractivity contribution < 1.29 is 19.0 Å². The van der Waals surface area contributed by atoms with Crippen LogP contribution in [0.2, 0.25) is 0 Å². The SMILES string of the molecule is CCOc1ccc(-n2nnc3c(N4CCN(C(=O)COc5ccccc5OC)CC4)ncnc32)cc1. The minimum Gasteiger partial charge on any atom is -0.494 e. The summed E-state index contributed by atoms with van der Waals surface area (Å²) < 4.78 is 18.2. The summed E-state index contributed by atoms with van der Waals surface area (Å²) in [7, 11) is 1.57. The Labute approximate surface area is 208 Å². The van der Waals surface area contributed by atoms with Gasteiger partial charge in [0.2, 0.25) is 0 Å². The average Bonchev–Trinajstić information content (AvgIpc) is 3.37. The second kappa shape index (κ2) is 10.5. The Bertz CT molecular complexity index is 1330. The van der Waals surface area contributed by atoms with Gasteiger partial charge in [-0.2, -0.15) is 4.68 Å². The topological polar surface area (TPSA) is 108 Å². The highest BCUT2D eigenvalue weighted by atomic mass is 16.5. The molecule has 36 heavy (non-hydrogen) atoms. The van der Waals surface area contributed by atoms with Crippen LogP contribution in [0.1, 0.15) is 6.92 Å². The quantitative estimate of drug-likeness (QED) is 0.368. The van der Waals surface area contributed by atoms with E-state index in [9.17, 15) is 4.79 Å². The van der Waals surface area contributed by atoms with Crippen LogP contribution in [0.3, 0.4) is 0 Å². The van der Waals surface area contributed by atoms with Gasteiger partial charge in [0.1, 0.15) is 12.1 Å². The molecule has 186 valence electrons. The van der Waals surface area contributed by atoms with Crippen LogP contribution in [-0.4, -0.2) is 82.3 Å². The summed E-state index contributed by atoms with van der Waals surface area (Å²) >= 11 is 0. The van der Waals surface area contributed by atoms with Gasteiger partial charge in [0.05, 0.1) is 19.4 Å². The van der Waals surface area contributed by atoms with E-state index in [2.05, 4.69) is 25.2 Å². The lowest BCUT2D eigenvalue weighted by Gasteiger charge is -2.35. The van der Waals surface area contributed by atoms with Gasteiger partial charge < -0.3 is 24.0 Å². The van der Waals surface area contributed by atoms with Gasteiger partial charge in [-0.3, -0.25) is 4.79 Å². The van der Waals surface area contributed by atoms with Crippen molar-refractivity contribution in [1.82, 2.24) is 29.9 Å². The van der Waals surface area contributed by atoms with Crippen LogP contribution in [0.15, 0.2) is 54.9 Å². The number of nitrogens with zero attached hydrogens (tertiary/aromatic N) is 7. The van der Waals surface area contributed by atoms with Crippen molar-refractivity contribution in [1.29, 1.82) is 0 Å². The summed E-state index contributed by atoms with van der Waals surface area (Å²) in [5.41, 5.74) is 2.06. The Morgan fingerprint density at radius 2 is 1.69 bits per heavy atom. The minimum absolute atomic E-state index is 0.0471. The maximum absolute atomic E-state index is 12.7. The molecule has 0 atom stereocenters. The first-order valence-corrected chi connectivity index (χ1v) is 11.8. The van der Waals surface area contributed by atoms with Crippen LogP contribution in [0.25, 0.3) is 16.9 Å². The number of hydrogen-bond acceptors (Lipinski definition) is 9. The molecule has 5 rings (SSSR count). The summed E-state index contributed by atoms with van der Waals surface area (Å²) in [6.07, 6.45) is 1.52. The number of fused-ring (bicyclic) bond motifs is 1. The average molecular weight is 490 g/mol. The van der Waals surface area contributed by atoms with E-state index in [1.165, 1.54) is 6.33 Å². The number of rotatable bonds is 8. The summed E-state index contributed by atoms with van der Waals surface area (Å²) in [4.78, 5) is 25.5. The van der Waals surface area contributed by atoms with Crippen LogP contribution in [0.4, 0.5) is 5.82 Å². The van der Waals surface area contributed by atoms with Crippen LogP contribution < -0.4 is 19.1 Å². The number of carbonyl (C=O) groups is 1. The lowest BCUT2D eigenvalue weighted by Crippen LogP contribution is -2.50. The van der Waals surface area contributed by atoms with E-state index in [0.717, 1.165) is 11.4 Å². The highest BCUT2D eigenvalue weighted by Crippen LogP contribution is 2.26. The third-order valence-corrected chi connectivity index (χ3v) is 5.96. The van der Waals surface area contributed by atoms with Gasteiger partial charge in [-0.25, -0.2) is 9.97 Å². The van der Waals surface area contributed by atoms with Crippen molar-refractivity contribution in [2.24, 2.45) is 0 Å². The van der Waals surface area contributed by atoms with Crippen molar-refractivity contribution in [3.05, 3.63) is 54.9 Å². The minimum atomic E-state index is -0.0742. The third-order valence-electron chi connectivity index (χ3n) is 5.96. The summed E-state index contributed by atoms with van der Waals surface area (Å²) in [5, 5.41) is 8.68. The zero-order chi connectivity index (χ0) is 24.9. The van der Waals surface area contributed by atoms with E-state index in [0.29, 0.717) is 61.3 Å². The van der Waals surface area contributed by atoms with Gasteiger partial charge in [-0.05, 0) is 43.3 Å². The zero-order valence-electron chi connectivity index (χ0n) is 20.2. The Morgan fingerprint density at radius 3 is 2.42 bits per heavy atom. The number of anilines is 1. The molecular formula is C25H27N7O4. The van der Waals surface area contributed by atoms with Crippen LogP contribution in [0, 0.1) is 0 Å². The Balaban J connectivity index is 1.24. The lowest BCUT2D eigenvalue weighted by molar-refractivity contribution is -0.133. The van der Waals surface area contributed by atoms with E-state index < -0.39 is 0 Å². The molecule has 2 aromatic heterocycles. The largest absolute Gasteiger partial charge is 0.494 e. The molecule has 0 bridgehead atoms. The predicted molar refractivity (Wildman–Crippen MR) is 133 cm³/mol. The van der Waals surface area contributed by atoms with E-state index in [1.807, 2.05) is 43.3 Å². The molecule has 0 N–H and O–H groups in total. The molecule has 1 saturated heterocycles. The number of benzene rings is 2. The first-order valence-electron chi connectivity index (χ1n) is 11.8. The second-order valence-corrected chi connectivity index (χ2v) is 8.11. The normalized spacial score (nSPS) is 13.6. The van der Waals surface area contributed by atoms with Gasteiger partial charge in [0, 0.05) is 26.2 Å². The van der Waals surface area contributed by atoms with Gasteiger partial charge in [-0.15, -0.1) is 5.10 Å². The van der Waals surface area contributed by atoms with Crippen molar-refractivity contribution in [2.45, 2.75) is 6.92 Å². The lowest BCUT2D eigenvalue weighted by atomic mass is 10.3. The van der Waals surface area contributed by atoms with E-state index >= 15 is 0 Å². The number of piperazine rings is 1. The molecule has 0 spiro atoms. The Morgan fingerprint density at radius 1 is 0.944 bits per heavy atom. The molecule has 0 saturated carbocycles. The molecule has 1 aliphatic rings. The van der Waals surface area contributed by atoms with Crippen molar-refractivity contribution in [3.63, 3.8) is 0 Å². The molecule has 11 nitrogen and oxygen atoms in total. The first kappa shape index (κ1) is 23.3. The zero-order valence-corrected chi connectivity index (χ0v) is 20.2. The molecule has 1 amide bonds. The summed E-state index contributed by atoms with van der Waals surface area (Å²) in [6.45, 7) is 4.83. The first-order chi connectivity index (χ1) is 17.7. The van der Waals surface area contributed by atoms with Crippen LogP contribution in [0.5, 0.6) is 17.2 Å². The fourth-order valence-corrected chi connectivity index (χ4v) is 4.13. The number of methoxy groups -OCH3 is 1. The monoisotopic (exact) mass is 489 g/mol. The van der Waals surface area contributed by atoms with Crippen molar-refractivity contribution in [2.75, 3.05) is 51.4 Å². The summed E-state index contributed by atoms with van der Waals surface area (Å²) in [5.74, 6) is 2.57. The molecule has 0 radical (unpaired) electrons. The Hall–Kier alpha value is -4.41. The maximum Gasteiger partial charge on any atom is 0.260 e. The fourth-order valence-electron chi connectivity index (χ4n) is 4.13. The molecule has 3 heterocycles. The fraction of sp³-hybridized carbons (Fsp3) is 0.320. The van der Waals surface area contributed by atoms with Gasteiger partial charge in [-0.1, -0.05) is 17.3 Å². The van der Waals surface area contributed by atoms with Crippen LogP contribution >= 0.6 is 0 Å². The number of para-hydroxylation sites is 2. The molecule has 0 aliphatic carbocycles. The summed E-state index contributed by atoms with van der Waals surface area (Å²) in [6, 6.07) is 14.9. The van der Waals surface area contributed by atoms with E-state index in [4.69, 9.17) is 14.2 Å². The second-order valence-electron chi connectivity index (χ2n) is 8.11. The van der Waals surface area contributed by atoms with Gasteiger partial charge in [0.15, 0.2) is 35.1 Å². The molecular weight excluding hydrogens is 462 g/mol. The highest BCUT2D eigenvalue weighted by Gasteiger charge is 2.25. The highest BCUT2D eigenvalue weighted by molar-refractivity contribution is 5.84. The number of ether oxygens (including phenoxy) is 3. The van der Waals surface area contributed by atoms with Gasteiger partial charge in [0.25, 0.3) is 5.91 Å². The maximum atomic E-state index is 12.7. The van der Waals surface area contributed by atoms with Crippen molar-refractivity contribution >= 4 is 22.9 Å². The van der Waals surface area contributed by atoms with E-state index in [-0.39, 0.29) is 12.5 Å². The van der Waals surface area contributed by atoms with Crippen LogP contribution in [-0.2, 0) is 4.79 Å². The molecule has 2 aromatic carbocycles. The number of aromatic nitrogens is 5. The van der Waals surface area contributed by atoms with Gasteiger partial charge >= 0.3 is 0 Å². The van der Waals surface area contributed by atoms with Crippen molar-refractivity contribution in [3.8, 4) is 22.9 Å². The number of carbonyl (C=O) groups excluding carboxylic acids is 1. The molecule has 0 unspecified atom stereocenters. The molecule has 1 fully saturated rings. The predicted octanol–water partition coefficient (Wildman–Crippen LogP) is 2.35. The standard InChI is InChI=1S/C25H27N7O4/c1-3-35-19-10-8-18(9-11-19)32-25-23(28-29-32)24(26-17-27-25)31-14-12-30(13-15-31)22(33)16-36-21-7-5-4-6-20(21)34-2/h4-11,17H,3,12-16H2,1-2H3. The molecule has 4 aromatic rings. The van der Waals surface area contributed by atoms with E-state index in [1.54, 1.807) is 28.8 Å². The molecule has 11 heteroatoms. The number of hydrogen-bond donors (Lipinski definition) is 0. The number of amides is 1. The molecule has 1 aliphatic heterocycles. The Kier molecular flexibility index (Phi) is 6.78. The smallest absolute Gasteiger partial charge is 0.260 e. The third kappa shape index (κ3) is 4.72.